The van der Waals surface area contributed by atoms with Gasteiger partial charge in [-0.1, -0.05) is 62.4 Å². The van der Waals surface area contributed by atoms with Crippen LogP contribution in [-0.2, 0) is 11.2 Å². The molecule has 2 saturated carbocycles. The first-order valence-corrected chi connectivity index (χ1v) is 15.2. The number of hydrogen-bond donors (Lipinski definition) is 0. The summed E-state index contributed by atoms with van der Waals surface area (Å²) in [7, 11) is 0. The maximum atomic E-state index is 13.7. The van der Waals surface area contributed by atoms with Gasteiger partial charge >= 0.3 is 0 Å². The van der Waals surface area contributed by atoms with Gasteiger partial charge in [0.2, 0.25) is 5.91 Å². The molecule has 2 aromatic heterocycles. The van der Waals surface area contributed by atoms with Crippen LogP contribution in [0.2, 0.25) is 0 Å². The molecule has 0 bridgehead atoms. The Morgan fingerprint density at radius 3 is 2.39 bits per heavy atom. The van der Waals surface area contributed by atoms with E-state index in [1.807, 2.05) is 22.6 Å². The number of aromatic nitrogens is 4. The van der Waals surface area contributed by atoms with E-state index in [-0.39, 0.29) is 17.6 Å². The van der Waals surface area contributed by atoms with E-state index in [0.29, 0.717) is 24.9 Å². The molecule has 1 amide bonds. The summed E-state index contributed by atoms with van der Waals surface area (Å²) in [6.07, 6.45) is 8.11. The average Bonchev–Trinajstić information content (AvgIpc) is 3.75. The van der Waals surface area contributed by atoms with Crippen molar-refractivity contribution in [2.24, 2.45) is 11.8 Å². The van der Waals surface area contributed by atoms with Gasteiger partial charge in [-0.2, -0.15) is 5.10 Å². The fourth-order valence-corrected chi connectivity index (χ4v) is 6.85. The standard InChI is InChI=1S/C33H37FN6O/c1-22-30-31(38-16-18-39(19-17-38)33(41)28-21-27(28)24-10-6-3-7-11-24)35-29(20-23-8-4-2-5-9-23)36-32(30)40(37-22)26-14-12-25(34)13-15-26/h3,6-7,10-15,23,27-28H,2,4-5,8-9,16-21H2,1H3/t27-,28?/m0/s1. The topological polar surface area (TPSA) is 67.2 Å². The summed E-state index contributed by atoms with van der Waals surface area (Å²) in [5.74, 6) is 2.83. The van der Waals surface area contributed by atoms with Crippen LogP contribution in [0.3, 0.4) is 0 Å². The molecule has 8 heteroatoms. The summed E-state index contributed by atoms with van der Waals surface area (Å²) >= 11 is 0. The van der Waals surface area contributed by atoms with E-state index in [2.05, 4.69) is 29.2 Å². The first kappa shape index (κ1) is 26.1. The summed E-state index contributed by atoms with van der Waals surface area (Å²) in [5.41, 5.74) is 3.68. The molecule has 3 heterocycles. The van der Waals surface area contributed by atoms with Crippen LogP contribution in [0.15, 0.2) is 54.6 Å². The lowest BCUT2D eigenvalue weighted by molar-refractivity contribution is -0.133. The van der Waals surface area contributed by atoms with Crippen molar-refractivity contribution in [1.29, 1.82) is 0 Å². The third kappa shape index (κ3) is 5.20. The minimum Gasteiger partial charge on any atom is -0.352 e. The normalized spacial score (nSPS) is 21.4. The van der Waals surface area contributed by atoms with E-state index < -0.39 is 0 Å². The minimum atomic E-state index is -0.274. The second-order valence-corrected chi connectivity index (χ2v) is 12.0. The SMILES string of the molecule is Cc1nn(-c2ccc(F)cc2)c2nc(CC3CCCCC3)nc(N3CCN(C(=O)C4C[C@H]4c4ccccc4)CC3)c12. The average molecular weight is 553 g/mol. The molecule has 212 valence electrons. The second-order valence-electron chi connectivity index (χ2n) is 12.0. The van der Waals surface area contributed by atoms with Gasteiger partial charge in [0.05, 0.1) is 16.8 Å². The molecule has 0 radical (unpaired) electrons. The predicted octanol–water partition coefficient (Wildman–Crippen LogP) is 5.84. The molecular formula is C33H37FN6O. The van der Waals surface area contributed by atoms with Crippen LogP contribution < -0.4 is 4.90 Å². The van der Waals surface area contributed by atoms with Crippen LogP contribution in [0, 0.1) is 24.6 Å². The zero-order chi connectivity index (χ0) is 27.9. The highest BCUT2D eigenvalue weighted by atomic mass is 19.1. The van der Waals surface area contributed by atoms with E-state index >= 15 is 0 Å². The van der Waals surface area contributed by atoms with Gasteiger partial charge in [-0.3, -0.25) is 4.79 Å². The van der Waals surface area contributed by atoms with Crippen LogP contribution in [0.1, 0.15) is 61.5 Å². The molecular weight excluding hydrogens is 515 g/mol. The summed E-state index contributed by atoms with van der Waals surface area (Å²) in [6.45, 7) is 4.82. The van der Waals surface area contributed by atoms with Crippen molar-refractivity contribution >= 4 is 22.8 Å². The largest absolute Gasteiger partial charge is 0.352 e. The fraction of sp³-hybridized carbons (Fsp3) is 0.455. The first-order valence-electron chi connectivity index (χ1n) is 15.2. The number of anilines is 1. The van der Waals surface area contributed by atoms with E-state index in [1.165, 1.54) is 49.8 Å². The lowest BCUT2D eigenvalue weighted by atomic mass is 9.87. The monoisotopic (exact) mass is 552 g/mol. The molecule has 7 rings (SSSR count). The van der Waals surface area contributed by atoms with Gasteiger partial charge < -0.3 is 9.80 Å². The zero-order valence-corrected chi connectivity index (χ0v) is 23.7. The van der Waals surface area contributed by atoms with E-state index in [0.717, 1.165) is 60.0 Å². The number of piperazine rings is 1. The lowest BCUT2D eigenvalue weighted by Crippen LogP contribution is -2.49. The molecule has 2 atom stereocenters. The number of rotatable bonds is 6. The molecule has 0 N–H and O–H groups in total. The Kier molecular flexibility index (Phi) is 6.93. The zero-order valence-electron chi connectivity index (χ0n) is 23.7. The Bertz CT molecular complexity index is 1540. The summed E-state index contributed by atoms with van der Waals surface area (Å²) in [4.78, 5) is 27.9. The Hall–Kier alpha value is -3.81. The minimum absolute atomic E-state index is 0.105. The second kappa shape index (κ2) is 10.9. The van der Waals surface area contributed by atoms with Crippen LogP contribution in [-0.4, -0.2) is 56.7 Å². The third-order valence-electron chi connectivity index (χ3n) is 9.22. The molecule has 2 aliphatic carbocycles. The molecule has 4 aromatic rings. The van der Waals surface area contributed by atoms with Crippen molar-refractivity contribution in [2.45, 2.75) is 57.8 Å². The van der Waals surface area contributed by atoms with Gasteiger partial charge in [-0.25, -0.2) is 19.0 Å². The lowest BCUT2D eigenvalue weighted by Gasteiger charge is -2.36. The van der Waals surface area contributed by atoms with Crippen molar-refractivity contribution in [3.63, 3.8) is 0 Å². The highest BCUT2D eigenvalue weighted by Crippen LogP contribution is 2.48. The Morgan fingerprint density at radius 2 is 1.66 bits per heavy atom. The smallest absolute Gasteiger partial charge is 0.226 e. The van der Waals surface area contributed by atoms with Gasteiger partial charge in [0.25, 0.3) is 0 Å². The highest BCUT2D eigenvalue weighted by Gasteiger charge is 2.46. The summed E-state index contributed by atoms with van der Waals surface area (Å²) < 4.78 is 15.5. The number of benzene rings is 2. The Morgan fingerprint density at radius 1 is 0.927 bits per heavy atom. The molecule has 3 aliphatic rings. The van der Waals surface area contributed by atoms with Gasteiger partial charge in [0.1, 0.15) is 17.5 Å². The number of amides is 1. The number of fused-ring (bicyclic) bond motifs is 1. The number of carbonyl (C=O) groups is 1. The summed E-state index contributed by atoms with van der Waals surface area (Å²) in [6, 6.07) is 16.8. The van der Waals surface area contributed by atoms with E-state index in [4.69, 9.17) is 15.1 Å². The molecule has 1 saturated heterocycles. The van der Waals surface area contributed by atoms with E-state index in [9.17, 15) is 9.18 Å². The van der Waals surface area contributed by atoms with Crippen molar-refractivity contribution in [1.82, 2.24) is 24.6 Å². The van der Waals surface area contributed by atoms with Crippen LogP contribution in [0.5, 0.6) is 0 Å². The quantitative estimate of drug-likeness (QED) is 0.301. The van der Waals surface area contributed by atoms with Crippen molar-refractivity contribution in [3.05, 3.63) is 77.5 Å². The van der Waals surface area contributed by atoms with Crippen LogP contribution in [0.4, 0.5) is 10.2 Å². The van der Waals surface area contributed by atoms with Gasteiger partial charge in [-0.15, -0.1) is 0 Å². The molecule has 41 heavy (non-hydrogen) atoms. The molecule has 2 aromatic carbocycles. The molecule has 3 fully saturated rings. The Labute approximate surface area is 240 Å². The van der Waals surface area contributed by atoms with Crippen molar-refractivity contribution in [2.75, 3.05) is 31.1 Å². The number of nitrogens with zero attached hydrogens (tertiary/aromatic N) is 6. The number of halogens is 1. The van der Waals surface area contributed by atoms with Gasteiger partial charge in [0, 0.05) is 38.5 Å². The molecule has 1 unspecified atom stereocenters. The predicted molar refractivity (Wildman–Crippen MR) is 158 cm³/mol. The maximum absolute atomic E-state index is 13.7. The first-order chi connectivity index (χ1) is 20.0. The van der Waals surface area contributed by atoms with Crippen molar-refractivity contribution < 1.29 is 9.18 Å². The van der Waals surface area contributed by atoms with Gasteiger partial charge in [0.15, 0.2) is 5.65 Å². The number of aryl methyl sites for hydroxylation is 1. The van der Waals surface area contributed by atoms with Crippen molar-refractivity contribution in [3.8, 4) is 5.69 Å². The summed E-state index contributed by atoms with van der Waals surface area (Å²) in [5, 5.41) is 5.78. The van der Waals surface area contributed by atoms with Crippen LogP contribution in [0.25, 0.3) is 16.7 Å². The van der Waals surface area contributed by atoms with Gasteiger partial charge in [-0.05, 0) is 55.0 Å². The van der Waals surface area contributed by atoms with Crippen LogP contribution >= 0.6 is 0 Å². The highest BCUT2D eigenvalue weighted by molar-refractivity contribution is 5.91. The Balaban J connectivity index is 1.15. The van der Waals surface area contributed by atoms with E-state index in [1.54, 1.807) is 12.1 Å². The molecule has 1 aliphatic heterocycles. The molecule has 0 spiro atoms. The molecule has 7 nitrogen and oxygen atoms in total. The maximum Gasteiger partial charge on any atom is 0.226 e. The fourth-order valence-electron chi connectivity index (χ4n) is 6.85. The number of carbonyl (C=O) groups excluding carboxylic acids is 1. The third-order valence-corrected chi connectivity index (χ3v) is 9.22. The number of hydrogen-bond acceptors (Lipinski definition) is 5.